The van der Waals surface area contributed by atoms with Crippen LogP contribution in [0.4, 0.5) is 0 Å². The Morgan fingerprint density at radius 1 is 1.26 bits per heavy atom. The molecule has 0 spiro atoms. The Balaban J connectivity index is 1.54. The van der Waals surface area contributed by atoms with Gasteiger partial charge in [0.2, 0.25) is 5.89 Å². The summed E-state index contributed by atoms with van der Waals surface area (Å²) in [6.45, 7) is 5.01. The number of hydrogen-bond donors (Lipinski definition) is 0. The molecular formula is C19H22N6O2. The van der Waals surface area contributed by atoms with Crippen molar-refractivity contribution in [3.05, 3.63) is 47.4 Å². The lowest BCUT2D eigenvalue weighted by atomic mass is 9.96. The molecule has 3 aromatic rings. The first-order valence-corrected chi connectivity index (χ1v) is 9.09. The number of amides is 1. The molecule has 0 saturated carbocycles. The van der Waals surface area contributed by atoms with Crippen LogP contribution in [-0.2, 0) is 7.05 Å². The number of carbonyl (C=O) groups is 1. The second-order valence-corrected chi connectivity index (χ2v) is 6.95. The van der Waals surface area contributed by atoms with Crippen LogP contribution in [0.5, 0.6) is 0 Å². The number of aryl methyl sites for hydroxylation is 3. The first-order valence-electron chi connectivity index (χ1n) is 9.09. The number of piperidine rings is 1. The van der Waals surface area contributed by atoms with E-state index in [1.165, 1.54) is 0 Å². The molecule has 0 radical (unpaired) electrons. The van der Waals surface area contributed by atoms with Gasteiger partial charge in [0.15, 0.2) is 11.6 Å². The van der Waals surface area contributed by atoms with Gasteiger partial charge in [0.1, 0.15) is 5.82 Å². The molecule has 2 aromatic heterocycles. The summed E-state index contributed by atoms with van der Waals surface area (Å²) in [6, 6.07) is 7.49. The molecule has 1 saturated heterocycles. The normalized spacial score (nSPS) is 17.3. The minimum absolute atomic E-state index is 0.00872. The van der Waals surface area contributed by atoms with Crippen molar-refractivity contribution in [1.29, 1.82) is 0 Å². The standard InChI is InChI=1S/C19H22N6O2/c1-12-20-17(22-24(12)3)14-6-4-7-15(10-14)19(26)25-9-5-8-16(11-25)18-21-13(2)27-23-18/h4,6-7,10,16H,5,8-9,11H2,1-3H3/t16-/m0/s1. The van der Waals surface area contributed by atoms with E-state index in [1.54, 1.807) is 11.6 Å². The molecule has 8 heteroatoms. The van der Waals surface area contributed by atoms with Gasteiger partial charge in [0.05, 0.1) is 0 Å². The SMILES string of the molecule is Cc1nc([C@H]2CCCN(C(=O)c3cccc(-c4nc(C)n(C)n4)c3)C2)no1. The largest absolute Gasteiger partial charge is 0.340 e. The zero-order valence-electron chi connectivity index (χ0n) is 15.7. The van der Waals surface area contributed by atoms with Crippen LogP contribution in [0.1, 0.15) is 46.7 Å². The van der Waals surface area contributed by atoms with Crippen LogP contribution in [0.3, 0.4) is 0 Å². The predicted octanol–water partition coefficient (Wildman–Crippen LogP) is 2.50. The van der Waals surface area contributed by atoms with Gasteiger partial charge in [-0.25, -0.2) is 4.98 Å². The molecule has 8 nitrogen and oxygen atoms in total. The van der Waals surface area contributed by atoms with Gasteiger partial charge in [-0.1, -0.05) is 17.3 Å². The maximum atomic E-state index is 13.1. The van der Waals surface area contributed by atoms with Gasteiger partial charge in [-0.15, -0.1) is 0 Å². The minimum Gasteiger partial charge on any atom is -0.340 e. The number of rotatable bonds is 3. The van der Waals surface area contributed by atoms with E-state index in [9.17, 15) is 4.79 Å². The summed E-state index contributed by atoms with van der Waals surface area (Å²) in [5.74, 6) is 2.82. The van der Waals surface area contributed by atoms with Gasteiger partial charge in [0.25, 0.3) is 5.91 Å². The molecular weight excluding hydrogens is 344 g/mol. The van der Waals surface area contributed by atoms with Gasteiger partial charge in [-0.3, -0.25) is 9.48 Å². The Morgan fingerprint density at radius 2 is 2.11 bits per heavy atom. The van der Waals surface area contributed by atoms with Crippen LogP contribution in [0, 0.1) is 13.8 Å². The fourth-order valence-electron chi connectivity index (χ4n) is 3.41. The number of nitrogens with zero attached hydrogens (tertiary/aromatic N) is 6. The van der Waals surface area contributed by atoms with Crippen molar-refractivity contribution in [2.45, 2.75) is 32.6 Å². The zero-order chi connectivity index (χ0) is 19.0. The highest BCUT2D eigenvalue weighted by molar-refractivity contribution is 5.95. The molecule has 1 aliphatic heterocycles. The van der Waals surface area contributed by atoms with E-state index in [2.05, 4.69) is 20.2 Å². The van der Waals surface area contributed by atoms with Gasteiger partial charge in [-0.05, 0) is 31.9 Å². The number of aromatic nitrogens is 5. The lowest BCUT2D eigenvalue weighted by molar-refractivity contribution is 0.0703. The topological polar surface area (TPSA) is 89.9 Å². The molecule has 0 unspecified atom stereocenters. The molecule has 1 fully saturated rings. The highest BCUT2D eigenvalue weighted by Gasteiger charge is 2.28. The third-order valence-electron chi connectivity index (χ3n) is 4.97. The van der Waals surface area contributed by atoms with Crippen LogP contribution >= 0.6 is 0 Å². The van der Waals surface area contributed by atoms with Crippen molar-refractivity contribution in [2.24, 2.45) is 7.05 Å². The Labute approximate surface area is 157 Å². The first-order chi connectivity index (χ1) is 13.0. The summed E-state index contributed by atoms with van der Waals surface area (Å²) in [4.78, 5) is 23.7. The highest BCUT2D eigenvalue weighted by Crippen LogP contribution is 2.26. The first kappa shape index (κ1) is 17.4. The fourth-order valence-corrected chi connectivity index (χ4v) is 3.41. The maximum Gasteiger partial charge on any atom is 0.253 e. The van der Waals surface area contributed by atoms with Crippen LogP contribution in [0.15, 0.2) is 28.8 Å². The van der Waals surface area contributed by atoms with Crippen molar-refractivity contribution in [1.82, 2.24) is 29.8 Å². The van der Waals surface area contributed by atoms with Crippen molar-refractivity contribution < 1.29 is 9.32 Å². The molecule has 1 amide bonds. The van der Waals surface area contributed by atoms with E-state index in [0.29, 0.717) is 29.6 Å². The average molecular weight is 366 g/mol. The van der Waals surface area contributed by atoms with Gasteiger partial charge < -0.3 is 9.42 Å². The van der Waals surface area contributed by atoms with E-state index < -0.39 is 0 Å². The van der Waals surface area contributed by atoms with Crippen LogP contribution < -0.4 is 0 Å². The van der Waals surface area contributed by atoms with E-state index in [-0.39, 0.29) is 11.8 Å². The van der Waals surface area contributed by atoms with Crippen LogP contribution in [-0.4, -0.2) is 48.8 Å². The molecule has 0 N–H and O–H groups in total. The predicted molar refractivity (Wildman–Crippen MR) is 98.1 cm³/mol. The van der Waals surface area contributed by atoms with Crippen LogP contribution in [0.25, 0.3) is 11.4 Å². The quantitative estimate of drug-likeness (QED) is 0.707. The molecule has 1 aromatic carbocycles. The van der Waals surface area contributed by atoms with Crippen LogP contribution in [0.2, 0.25) is 0 Å². The Morgan fingerprint density at radius 3 is 2.81 bits per heavy atom. The molecule has 4 rings (SSSR count). The van der Waals surface area contributed by atoms with Crippen molar-refractivity contribution in [3.63, 3.8) is 0 Å². The summed E-state index contributed by atoms with van der Waals surface area (Å²) in [5.41, 5.74) is 1.48. The Hall–Kier alpha value is -3.03. The number of carbonyl (C=O) groups excluding carboxylic acids is 1. The number of likely N-dealkylation sites (tertiary alicyclic amines) is 1. The van der Waals surface area contributed by atoms with Gasteiger partial charge in [0, 0.05) is 44.1 Å². The summed E-state index contributed by atoms with van der Waals surface area (Å²) < 4.78 is 6.82. The molecule has 27 heavy (non-hydrogen) atoms. The third-order valence-corrected chi connectivity index (χ3v) is 4.97. The van der Waals surface area contributed by atoms with Crippen molar-refractivity contribution in [2.75, 3.05) is 13.1 Å². The van der Waals surface area contributed by atoms with E-state index in [4.69, 9.17) is 4.52 Å². The van der Waals surface area contributed by atoms with Gasteiger partial charge in [-0.2, -0.15) is 10.1 Å². The van der Waals surface area contributed by atoms with E-state index >= 15 is 0 Å². The third kappa shape index (κ3) is 3.47. The lowest BCUT2D eigenvalue weighted by Gasteiger charge is -2.31. The molecule has 3 heterocycles. The zero-order valence-corrected chi connectivity index (χ0v) is 15.7. The monoisotopic (exact) mass is 366 g/mol. The number of hydrogen-bond acceptors (Lipinski definition) is 6. The van der Waals surface area contributed by atoms with E-state index in [1.807, 2.05) is 43.1 Å². The highest BCUT2D eigenvalue weighted by atomic mass is 16.5. The Bertz CT molecular complexity index is 957. The van der Waals surface area contributed by atoms with E-state index in [0.717, 1.165) is 30.8 Å². The second-order valence-electron chi connectivity index (χ2n) is 6.95. The van der Waals surface area contributed by atoms with Crippen molar-refractivity contribution in [3.8, 4) is 11.4 Å². The minimum atomic E-state index is 0.00872. The average Bonchev–Trinajstić information content (AvgIpc) is 3.27. The molecule has 140 valence electrons. The molecule has 0 bridgehead atoms. The molecule has 1 aliphatic rings. The lowest BCUT2D eigenvalue weighted by Crippen LogP contribution is -2.39. The van der Waals surface area contributed by atoms with Gasteiger partial charge >= 0.3 is 0 Å². The Kier molecular flexibility index (Phi) is 4.47. The smallest absolute Gasteiger partial charge is 0.253 e. The summed E-state index contributed by atoms with van der Waals surface area (Å²) >= 11 is 0. The second kappa shape index (κ2) is 6.94. The summed E-state index contributed by atoms with van der Waals surface area (Å²) in [7, 11) is 1.86. The molecule has 1 atom stereocenters. The molecule has 0 aliphatic carbocycles. The number of benzene rings is 1. The fraction of sp³-hybridized carbons (Fsp3) is 0.421. The van der Waals surface area contributed by atoms with Crippen molar-refractivity contribution >= 4 is 5.91 Å². The summed E-state index contributed by atoms with van der Waals surface area (Å²) in [6.07, 6.45) is 1.88. The maximum absolute atomic E-state index is 13.1. The summed E-state index contributed by atoms with van der Waals surface area (Å²) in [5, 5.41) is 8.43.